The maximum Gasteiger partial charge on any atom is 0.407 e. The van der Waals surface area contributed by atoms with Crippen LogP contribution >= 0.6 is 24.0 Å². The van der Waals surface area contributed by atoms with E-state index < -0.39 is 11.7 Å². The third-order valence-corrected chi connectivity index (χ3v) is 1.85. The number of carbonyl (C=O) groups is 1. The number of halogens is 1. The maximum absolute atomic E-state index is 11.3. The molecule has 0 heterocycles. The van der Waals surface area contributed by atoms with E-state index in [1.807, 2.05) is 27.7 Å². The van der Waals surface area contributed by atoms with Gasteiger partial charge >= 0.3 is 6.09 Å². The molecule has 0 aromatic heterocycles. The fourth-order valence-electron chi connectivity index (χ4n) is 1.09. The van der Waals surface area contributed by atoms with Crippen molar-refractivity contribution in [2.24, 2.45) is 10.7 Å². The van der Waals surface area contributed by atoms with E-state index in [0.717, 1.165) is 12.0 Å². The van der Waals surface area contributed by atoms with Gasteiger partial charge in [-0.15, -0.1) is 24.0 Å². The monoisotopic (exact) mass is 398 g/mol. The summed E-state index contributed by atoms with van der Waals surface area (Å²) in [6.45, 7) is 12.8. The van der Waals surface area contributed by atoms with E-state index in [-0.39, 0.29) is 24.0 Å². The Morgan fingerprint density at radius 1 is 1.30 bits per heavy atom. The second-order valence-electron chi connectivity index (χ2n) is 5.37. The molecule has 0 rings (SSSR count). The molecule has 0 bridgehead atoms. The highest BCUT2D eigenvalue weighted by Gasteiger charge is 2.15. The smallest absolute Gasteiger partial charge is 0.407 e. The van der Waals surface area contributed by atoms with E-state index in [2.05, 4.69) is 22.2 Å². The van der Waals surface area contributed by atoms with Crippen LogP contribution in [0.25, 0.3) is 0 Å². The Morgan fingerprint density at radius 3 is 2.35 bits per heavy atom. The molecule has 0 aliphatic heterocycles. The SMILES string of the molecule is C=C(C)CN=C(N)NCCCNC(=O)OC(C)(C)C.I. The number of alkyl carbamates (subject to hydrolysis) is 1. The van der Waals surface area contributed by atoms with E-state index in [1.54, 1.807) is 0 Å². The first-order chi connectivity index (χ1) is 8.70. The van der Waals surface area contributed by atoms with Gasteiger partial charge in [0.2, 0.25) is 0 Å². The van der Waals surface area contributed by atoms with Gasteiger partial charge in [0.25, 0.3) is 0 Å². The normalized spacial score (nSPS) is 11.3. The van der Waals surface area contributed by atoms with Crippen LogP contribution in [0.4, 0.5) is 4.79 Å². The lowest BCUT2D eigenvalue weighted by Gasteiger charge is -2.19. The van der Waals surface area contributed by atoms with Gasteiger partial charge in [-0.3, -0.25) is 0 Å². The topological polar surface area (TPSA) is 88.7 Å². The van der Waals surface area contributed by atoms with Crippen molar-refractivity contribution in [1.29, 1.82) is 0 Å². The van der Waals surface area contributed by atoms with E-state index >= 15 is 0 Å². The van der Waals surface area contributed by atoms with E-state index in [0.29, 0.717) is 25.6 Å². The second kappa shape index (κ2) is 10.8. The van der Waals surface area contributed by atoms with Crippen molar-refractivity contribution in [3.05, 3.63) is 12.2 Å². The van der Waals surface area contributed by atoms with Gasteiger partial charge in [-0.1, -0.05) is 12.2 Å². The summed E-state index contributed by atoms with van der Waals surface area (Å²) >= 11 is 0. The van der Waals surface area contributed by atoms with E-state index in [4.69, 9.17) is 10.5 Å². The third-order valence-electron chi connectivity index (χ3n) is 1.85. The maximum atomic E-state index is 11.3. The fourth-order valence-corrected chi connectivity index (χ4v) is 1.09. The number of nitrogens with one attached hydrogen (secondary N) is 2. The number of nitrogens with two attached hydrogens (primary N) is 1. The molecule has 7 heteroatoms. The lowest BCUT2D eigenvalue weighted by atomic mass is 10.2. The molecule has 0 fully saturated rings. The number of rotatable bonds is 6. The zero-order chi connectivity index (χ0) is 14.9. The van der Waals surface area contributed by atoms with Crippen molar-refractivity contribution >= 4 is 36.0 Å². The van der Waals surface area contributed by atoms with Crippen molar-refractivity contribution in [2.45, 2.75) is 39.7 Å². The number of nitrogens with zero attached hydrogens (tertiary/aromatic N) is 1. The Balaban J connectivity index is 0. The third kappa shape index (κ3) is 15.1. The van der Waals surface area contributed by atoms with Gasteiger partial charge in [0.05, 0.1) is 6.54 Å². The Kier molecular flexibility index (Phi) is 11.5. The molecule has 4 N–H and O–H groups in total. The van der Waals surface area contributed by atoms with Crippen molar-refractivity contribution < 1.29 is 9.53 Å². The highest BCUT2D eigenvalue weighted by Crippen LogP contribution is 2.06. The summed E-state index contributed by atoms with van der Waals surface area (Å²) in [5.41, 5.74) is 6.12. The van der Waals surface area contributed by atoms with Crippen LogP contribution in [0.15, 0.2) is 17.1 Å². The van der Waals surface area contributed by atoms with Crippen molar-refractivity contribution in [2.75, 3.05) is 19.6 Å². The second-order valence-corrected chi connectivity index (χ2v) is 5.37. The van der Waals surface area contributed by atoms with Gasteiger partial charge in [-0.05, 0) is 34.1 Å². The van der Waals surface area contributed by atoms with Crippen LogP contribution in [0.2, 0.25) is 0 Å². The van der Waals surface area contributed by atoms with Gasteiger partial charge in [-0.25, -0.2) is 9.79 Å². The van der Waals surface area contributed by atoms with Crippen LogP contribution in [-0.2, 0) is 4.74 Å². The molecule has 0 aromatic carbocycles. The quantitative estimate of drug-likeness (QED) is 0.210. The first kappa shape index (κ1) is 21.3. The van der Waals surface area contributed by atoms with Crippen LogP contribution in [0.1, 0.15) is 34.1 Å². The molecule has 1 amide bonds. The summed E-state index contributed by atoms with van der Waals surface area (Å²) < 4.78 is 5.10. The first-order valence-electron chi connectivity index (χ1n) is 6.36. The highest BCUT2D eigenvalue weighted by molar-refractivity contribution is 14.0. The Labute approximate surface area is 138 Å². The largest absolute Gasteiger partial charge is 0.444 e. The van der Waals surface area contributed by atoms with Crippen LogP contribution in [0.5, 0.6) is 0 Å². The van der Waals surface area contributed by atoms with Gasteiger partial charge in [0.1, 0.15) is 5.60 Å². The number of carbonyl (C=O) groups excluding carboxylic acids is 1. The molecule has 0 aromatic rings. The minimum Gasteiger partial charge on any atom is -0.444 e. The number of amides is 1. The number of guanidine groups is 1. The molecule has 0 aliphatic rings. The highest BCUT2D eigenvalue weighted by atomic mass is 127. The summed E-state index contributed by atoms with van der Waals surface area (Å²) in [5.74, 6) is 0.389. The lowest BCUT2D eigenvalue weighted by Crippen LogP contribution is -2.36. The molecule has 20 heavy (non-hydrogen) atoms. The van der Waals surface area contributed by atoms with Crippen molar-refractivity contribution in [1.82, 2.24) is 10.6 Å². The Hall–Kier alpha value is -0.990. The zero-order valence-corrected chi connectivity index (χ0v) is 15.1. The predicted molar refractivity (Wildman–Crippen MR) is 93.6 cm³/mol. The fraction of sp³-hybridized carbons (Fsp3) is 0.692. The first-order valence-corrected chi connectivity index (χ1v) is 6.36. The zero-order valence-electron chi connectivity index (χ0n) is 12.8. The summed E-state index contributed by atoms with van der Waals surface area (Å²) in [7, 11) is 0. The number of hydrogen-bond acceptors (Lipinski definition) is 3. The summed E-state index contributed by atoms with van der Waals surface area (Å²) in [5, 5.41) is 5.62. The molecular weight excluding hydrogens is 371 g/mol. The molecular formula is C13H27IN4O2. The minimum atomic E-state index is -0.470. The van der Waals surface area contributed by atoms with E-state index in [1.165, 1.54) is 0 Å². The molecule has 0 spiro atoms. The molecule has 118 valence electrons. The van der Waals surface area contributed by atoms with Crippen LogP contribution in [-0.4, -0.2) is 37.3 Å². The van der Waals surface area contributed by atoms with Gasteiger partial charge in [-0.2, -0.15) is 0 Å². The predicted octanol–water partition coefficient (Wildman–Crippen LogP) is 2.00. The van der Waals surface area contributed by atoms with Gasteiger partial charge in [0, 0.05) is 13.1 Å². The van der Waals surface area contributed by atoms with Crippen molar-refractivity contribution in [3.63, 3.8) is 0 Å². The molecule has 0 radical (unpaired) electrons. The number of aliphatic imine (C=N–C) groups is 1. The summed E-state index contributed by atoms with van der Waals surface area (Å²) in [4.78, 5) is 15.4. The standard InChI is InChI=1S/C13H26N4O2.HI/c1-10(2)9-17-11(14)15-7-6-8-16-12(18)19-13(3,4)5;/h1,6-9H2,2-5H3,(H,16,18)(H3,14,15,17);1H. The average Bonchev–Trinajstić information content (AvgIpc) is 2.23. The summed E-state index contributed by atoms with van der Waals surface area (Å²) in [6, 6.07) is 0. The van der Waals surface area contributed by atoms with Gasteiger partial charge < -0.3 is 21.1 Å². The van der Waals surface area contributed by atoms with Crippen LogP contribution in [0.3, 0.4) is 0 Å². The van der Waals surface area contributed by atoms with Crippen molar-refractivity contribution in [3.8, 4) is 0 Å². The number of ether oxygens (including phenoxy) is 1. The lowest BCUT2D eigenvalue weighted by molar-refractivity contribution is 0.0527. The molecule has 0 aliphatic carbocycles. The molecule has 0 atom stereocenters. The molecule has 6 nitrogen and oxygen atoms in total. The number of hydrogen-bond donors (Lipinski definition) is 3. The Bertz CT molecular complexity index is 338. The molecule has 0 unspecified atom stereocenters. The molecule has 0 saturated heterocycles. The minimum absolute atomic E-state index is 0. The van der Waals surface area contributed by atoms with Gasteiger partial charge in [0.15, 0.2) is 5.96 Å². The van der Waals surface area contributed by atoms with Crippen LogP contribution < -0.4 is 16.4 Å². The van der Waals surface area contributed by atoms with Crippen LogP contribution in [0, 0.1) is 0 Å². The molecule has 0 saturated carbocycles. The van der Waals surface area contributed by atoms with E-state index in [9.17, 15) is 4.79 Å². The average molecular weight is 398 g/mol. The summed E-state index contributed by atoms with van der Waals surface area (Å²) in [6.07, 6.45) is 0.333. The Morgan fingerprint density at radius 2 is 1.85 bits per heavy atom.